The van der Waals surface area contributed by atoms with Crippen LogP contribution in [0.5, 0.6) is 0 Å². The van der Waals surface area contributed by atoms with Gasteiger partial charge in [-0.05, 0) is 151 Å². The smallest absolute Gasteiger partial charge is 0.418 e. The van der Waals surface area contributed by atoms with Gasteiger partial charge in [-0.25, -0.2) is 4.79 Å². The second-order valence-electron chi connectivity index (χ2n) is 18.1. The molecule has 4 fully saturated rings. The molecule has 0 aliphatic heterocycles. The molecular formula is C43H55F3N2O2. The summed E-state index contributed by atoms with van der Waals surface area (Å²) in [4.78, 5) is 15.8. The molecule has 4 saturated carbocycles. The lowest BCUT2D eigenvalue weighted by Gasteiger charge is -2.72. The first kappa shape index (κ1) is 35.5. The molecule has 1 heterocycles. The molecule has 0 saturated heterocycles. The van der Waals surface area contributed by atoms with Crippen molar-refractivity contribution in [3.05, 3.63) is 83.2 Å². The number of alkyl halides is 3. The van der Waals surface area contributed by atoms with Gasteiger partial charge in [0.15, 0.2) is 0 Å². The summed E-state index contributed by atoms with van der Waals surface area (Å²) in [5.41, 5.74) is 3.56. The van der Waals surface area contributed by atoms with Crippen LogP contribution in [0.25, 0.3) is 5.57 Å². The van der Waals surface area contributed by atoms with E-state index in [1.165, 1.54) is 36.3 Å². The summed E-state index contributed by atoms with van der Waals surface area (Å²) in [6.07, 6.45) is 9.22. The zero-order chi connectivity index (χ0) is 36.1. The molecule has 9 atom stereocenters. The van der Waals surface area contributed by atoms with Gasteiger partial charge in [-0.2, -0.15) is 13.2 Å². The summed E-state index contributed by atoms with van der Waals surface area (Å²) in [7, 11) is 0. The van der Waals surface area contributed by atoms with Crippen LogP contribution in [-0.4, -0.2) is 21.6 Å². The Morgan fingerprint density at radius 1 is 0.940 bits per heavy atom. The Hall–Kier alpha value is -2.93. The highest BCUT2D eigenvalue weighted by atomic mass is 19.4. The summed E-state index contributed by atoms with van der Waals surface area (Å²) >= 11 is 0. The maximum atomic E-state index is 14.0. The number of carboxylic acid groups (broad SMARTS) is 1. The highest BCUT2D eigenvalue weighted by Crippen LogP contribution is 2.76. The van der Waals surface area contributed by atoms with Gasteiger partial charge in [-0.1, -0.05) is 65.0 Å². The minimum Gasteiger partial charge on any atom is -0.478 e. The molecule has 5 aliphatic carbocycles. The molecular weight excluding hydrogens is 633 g/mol. The van der Waals surface area contributed by atoms with E-state index >= 15 is 0 Å². The van der Waals surface area contributed by atoms with Crippen molar-refractivity contribution < 1.29 is 23.1 Å². The van der Waals surface area contributed by atoms with Crippen LogP contribution in [-0.2, 0) is 12.7 Å². The normalized spacial score (nSPS) is 39.0. The third-order valence-electron chi connectivity index (χ3n) is 15.9. The number of halogens is 3. The first-order chi connectivity index (χ1) is 23.4. The molecule has 7 rings (SSSR count). The number of aromatic nitrogens is 1. The van der Waals surface area contributed by atoms with Gasteiger partial charge < -0.3 is 10.4 Å². The average Bonchev–Trinajstić information content (AvgIpc) is 3.44. The van der Waals surface area contributed by atoms with Crippen LogP contribution < -0.4 is 5.32 Å². The first-order valence-electron chi connectivity index (χ1n) is 18.8. The largest absolute Gasteiger partial charge is 0.478 e. The molecule has 0 bridgehead atoms. The van der Waals surface area contributed by atoms with Crippen molar-refractivity contribution >= 4 is 11.5 Å². The van der Waals surface area contributed by atoms with E-state index in [4.69, 9.17) is 0 Å². The standard InChI is InChI=1S/C43H55F3N2O2/c1-26(2)29-16-21-42(48-25-33-31(43(44,45)46)9-8-24-47-33)23-22-40(6)32(36(29)42)14-15-35-39(5)19-17-30(27-10-12-28(13-11-27)37(49)50)38(3,4)34(39)18-20-41(35,40)7/h8-13,17,24,29,32,34-36,48H,1,14-16,18-23,25H2,2-7H3,(H,49,50). The Morgan fingerprint density at radius 3 is 2.32 bits per heavy atom. The lowest BCUT2D eigenvalue weighted by atomic mass is 9.33. The van der Waals surface area contributed by atoms with Crippen LogP contribution >= 0.6 is 0 Å². The Morgan fingerprint density at radius 2 is 1.66 bits per heavy atom. The number of carbonyl (C=O) groups is 1. The van der Waals surface area contributed by atoms with Crippen molar-refractivity contribution in [3.63, 3.8) is 0 Å². The topological polar surface area (TPSA) is 62.2 Å². The first-order valence-corrected chi connectivity index (χ1v) is 18.8. The fraction of sp³-hybridized carbons (Fsp3) is 0.628. The van der Waals surface area contributed by atoms with E-state index < -0.39 is 17.7 Å². The van der Waals surface area contributed by atoms with E-state index in [-0.39, 0.29) is 39.4 Å². The third kappa shape index (κ3) is 5.10. The average molecular weight is 689 g/mol. The van der Waals surface area contributed by atoms with Crippen molar-refractivity contribution in [3.8, 4) is 0 Å². The lowest BCUT2D eigenvalue weighted by Crippen LogP contribution is -2.67. The second kappa shape index (κ2) is 11.8. The fourth-order valence-electron chi connectivity index (χ4n) is 13.4. The van der Waals surface area contributed by atoms with E-state index in [9.17, 15) is 23.1 Å². The summed E-state index contributed by atoms with van der Waals surface area (Å²) in [6, 6.07) is 9.96. The van der Waals surface area contributed by atoms with Gasteiger partial charge in [-0.3, -0.25) is 4.98 Å². The number of nitrogens with zero attached hydrogens (tertiary/aromatic N) is 1. The molecule has 0 radical (unpaired) electrons. The monoisotopic (exact) mass is 688 g/mol. The van der Waals surface area contributed by atoms with Crippen LogP contribution in [0.3, 0.4) is 0 Å². The van der Waals surface area contributed by atoms with Gasteiger partial charge in [0.1, 0.15) is 0 Å². The predicted molar refractivity (Wildman–Crippen MR) is 192 cm³/mol. The molecule has 0 spiro atoms. The molecule has 0 amide bonds. The molecule has 2 N–H and O–H groups in total. The van der Waals surface area contributed by atoms with Gasteiger partial charge in [0.05, 0.1) is 16.8 Å². The summed E-state index contributed by atoms with van der Waals surface area (Å²) in [5, 5.41) is 13.3. The number of hydrogen-bond acceptors (Lipinski definition) is 3. The van der Waals surface area contributed by atoms with E-state index in [2.05, 4.69) is 64.5 Å². The zero-order valence-electron chi connectivity index (χ0n) is 30.7. The molecule has 9 unspecified atom stereocenters. The molecule has 7 heteroatoms. The molecule has 5 aliphatic rings. The summed E-state index contributed by atoms with van der Waals surface area (Å²) in [5.74, 6) is 1.33. The summed E-state index contributed by atoms with van der Waals surface area (Å²) in [6.45, 7) is 19.4. The Labute approximate surface area is 296 Å². The van der Waals surface area contributed by atoms with E-state index in [0.717, 1.165) is 56.6 Å². The van der Waals surface area contributed by atoms with Gasteiger partial charge in [0.25, 0.3) is 0 Å². The second-order valence-corrected chi connectivity index (χ2v) is 18.1. The quantitative estimate of drug-likeness (QED) is 0.297. The highest BCUT2D eigenvalue weighted by molar-refractivity contribution is 5.88. The Balaban J connectivity index is 1.20. The summed E-state index contributed by atoms with van der Waals surface area (Å²) < 4.78 is 41.9. The number of carboxylic acids is 1. The van der Waals surface area contributed by atoms with E-state index in [1.807, 2.05) is 12.1 Å². The SMILES string of the molecule is C=C(C)C1CCC2(NCc3ncccc3C(F)(F)F)CCC3(C)C(CCC4C5(C)CC=C(c6ccc(C(=O)O)cc6)C(C)(C)C5CCC43C)C12. The highest BCUT2D eigenvalue weighted by Gasteiger charge is 2.70. The predicted octanol–water partition coefficient (Wildman–Crippen LogP) is 11.0. The maximum Gasteiger partial charge on any atom is 0.418 e. The molecule has 270 valence electrons. The molecule has 1 aromatic heterocycles. The van der Waals surface area contributed by atoms with Crippen LogP contribution in [0, 0.1) is 51.2 Å². The van der Waals surface area contributed by atoms with Crippen molar-refractivity contribution in [2.75, 3.05) is 0 Å². The number of hydrogen-bond donors (Lipinski definition) is 2. The number of benzene rings is 1. The van der Waals surface area contributed by atoms with Gasteiger partial charge >= 0.3 is 12.1 Å². The Kier molecular flexibility index (Phi) is 8.37. The van der Waals surface area contributed by atoms with E-state index in [0.29, 0.717) is 35.2 Å². The number of pyridine rings is 1. The van der Waals surface area contributed by atoms with Crippen LogP contribution in [0.1, 0.15) is 127 Å². The van der Waals surface area contributed by atoms with Crippen LogP contribution in [0.2, 0.25) is 0 Å². The maximum absolute atomic E-state index is 14.0. The van der Waals surface area contributed by atoms with Gasteiger partial charge in [0.2, 0.25) is 0 Å². The minimum absolute atomic E-state index is 0.0558. The lowest BCUT2D eigenvalue weighted by molar-refractivity contribution is -0.219. The van der Waals surface area contributed by atoms with Crippen LogP contribution in [0.15, 0.2) is 60.8 Å². The van der Waals surface area contributed by atoms with Gasteiger partial charge in [0, 0.05) is 18.3 Å². The number of aromatic carboxylic acids is 1. The third-order valence-corrected chi connectivity index (χ3v) is 15.9. The Bertz CT molecular complexity index is 1710. The fourth-order valence-corrected chi connectivity index (χ4v) is 13.4. The van der Waals surface area contributed by atoms with Crippen molar-refractivity contribution in [1.82, 2.24) is 10.3 Å². The van der Waals surface area contributed by atoms with Gasteiger partial charge in [-0.15, -0.1) is 0 Å². The molecule has 50 heavy (non-hydrogen) atoms. The molecule has 2 aromatic rings. The minimum atomic E-state index is -4.43. The number of rotatable bonds is 6. The van der Waals surface area contributed by atoms with Crippen LogP contribution in [0.4, 0.5) is 13.2 Å². The van der Waals surface area contributed by atoms with Crippen molar-refractivity contribution in [2.24, 2.45) is 51.2 Å². The zero-order valence-corrected chi connectivity index (χ0v) is 30.7. The number of fused-ring (bicyclic) bond motifs is 7. The number of nitrogens with one attached hydrogen (secondary N) is 1. The molecule has 4 nitrogen and oxygen atoms in total. The van der Waals surface area contributed by atoms with Crippen molar-refractivity contribution in [2.45, 2.75) is 118 Å². The van der Waals surface area contributed by atoms with E-state index in [1.54, 1.807) is 12.1 Å². The number of allylic oxidation sites excluding steroid dienone is 3. The van der Waals surface area contributed by atoms with Crippen molar-refractivity contribution in [1.29, 1.82) is 0 Å². The molecule has 1 aromatic carbocycles.